The molecule has 1 heterocycles. The zero-order valence-corrected chi connectivity index (χ0v) is 10.5. The van der Waals surface area contributed by atoms with Gasteiger partial charge >= 0.3 is 0 Å². The summed E-state index contributed by atoms with van der Waals surface area (Å²) in [7, 11) is 0. The Morgan fingerprint density at radius 3 is 2.53 bits per heavy atom. The molecule has 1 aromatic rings. The number of carbonyl (C=O) groups is 2. The molecule has 1 aliphatic heterocycles. The molecule has 0 spiro atoms. The standard InChI is InChI=1S/C14H16N2O3/c15-14(18)12-6-3-11(4-7-12)5-8-13(17)16-9-1-2-10-19-16/h3-8H,1-2,9-10H2,(H2,15,18)/b8-5+. The van der Waals surface area contributed by atoms with E-state index < -0.39 is 5.91 Å². The molecule has 2 amide bonds. The zero-order chi connectivity index (χ0) is 13.7. The van der Waals surface area contributed by atoms with Crippen LogP contribution < -0.4 is 5.73 Å². The number of carbonyl (C=O) groups excluding carboxylic acids is 2. The van der Waals surface area contributed by atoms with Crippen molar-refractivity contribution in [1.29, 1.82) is 0 Å². The maximum absolute atomic E-state index is 11.8. The summed E-state index contributed by atoms with van der Waals surface area (Å²) in [6.45, 7) is 1.22. The van der Waals surface area contributed by atoms with Gasteiger partial charge in [-0.2, -0.15) is 0 Å². The van der Waals surface area contributed by atoms with Crippen LogP contribution in [-0.4, -0.2) is 30.0 Å². The summed E-state index contributed by atoms with van der Waals surface area (Å²) in [5, 5.41) is 1.37. The molecule has 5 nitrogen and oxygen atoms in total. The fourth-order valence-electron chi connectivity index (χ4n) is 1.78. The van der Waals surface area contributed by atoms with Gasteiger partial charge in [0.05, 0.1) is 6.61 Å². The van der Waals surface area contributed by atoms with E-state index in [4.69, 9.17) is 10.6 Å². The predicted molar refractivity (Wildman–Crippen MR) is 70.9 cm³/mol. The van der Waals surface area contributed by atoms with E-state index in [1.165, 1.54) is 11.1 Å². The third-order valence-corrected chi connectivity index (χ3v) is 2.86. The number of benzene rings is 1. The number of nitrogens with two attached hydrogens (primary N) is 1. The van der Waals surface area contributed by atoms with Gasteiger partial charge in [-0.25, -0.2) is 5.06 Å². The highest BCUT2D eigenvalue weighted by Gasteiger charge is 2.14. The molecular weight excluding hydrogens is 244 g/mol. The van der Waals surface area contributed by atoms with Crippen molar-refractivity contribution in [3.05, 3.63) is 41.5 Å². The first kappa shape index (κ1) is 13.3. The third kappa shape index (κ3) is 3.66. The van der Waals surface area contributed by atoms with Gasteiger partial charge in [-0.3, -0.25) is 14.4 Å². The van der Waals surface area contributed by atoms with Gasteiger partial charge in [0.15, 0.2) is 0 Å². The molecule has 1 saturated heterocycles. The van der Waals surface area contributed by atoms with Gasteiger partial charge in [-0.1, -0.05) is 12.1 Å². The van der Waals surface area contributed by atoms with E-state index in [9.17, 15) is 9.59 Å². The summed E-state index contributed by atoms with van der Waals surface area (Å²) in [5.74, 6) is -0.632. The highest BCUT2D eigenvalue weighted by Crippen LogP contribution is 2.09. The van der Waals surface area contributed by atoms with Gasteiger partial charge in [0.25, 0.3) is 5.91 Å². The summed E-state index contributed by atoms with van der Waals surface area (Å²) >= 11 is 0. The van der Waals surface area contributed by atoms with Crippen molar-refractivity contribution in [2.75, 3.05) is 13.2 Å². The molecule has 1 aromatic carbocycles. The van der Waals surface area contributed by atoms with E-state index in [1.54, 1.807) is 30.3 Å². The van der Waals surface area contributed by atoms with Crippen molar-refractivity contribution in [2.45, 2.75) is 12.8 Å². The molecular formula is C14H16N2O3. The normalized spacial score (nSPS) is 15.7. The lowest BCUT2D eigenvalue weighted by Gasteiger charge is -2.24. The summed E-state index contributed by atoms with van der Waals surface area (Å²) in [6.07, 6.45) is 5.10. The van der Waals surface area contributed by atoms with Crippen molar-refractivity contribution in [3.8, 4) is 0 Å². The predicted octanol–water partition coefficient (Wildman–Crippen LogP) is 1.35. The van der Waals surface area contributed by atoms with Crippen molar-refractivity contribution < 1.29 is 14.4 Å². The molecule has 2 rings (SSSR count). The van der Waals surface area contributed by atoms with Crippen LogP contribution in [0.4, 0.5) is 0 Å². The summed E-state index contributed by atoms with van der Waals surface area (Å²) in [6, 6.07) is 6.73. The maximum Gasteiger partial charge on any atom is 0.270 e. The second-order valence-corrected chi connectivity index (χ2v) is 4.30. The molecule has 0 radical (unpaired) electrons. The van der Waals surface area contributed by atoms with E-state index in [0.717, 1.165) is 18.4 Å². The van der Waals surface area contributed by atoms with E-state index in [-0.39, 0.29) is 5.91 Å². The van der Waals surface area contributed by atoms with Gasteiger partial charge in [-0.15, -0.1) is 0 Å². The van der Waals surface area contributed by atoms with Crippen LogP contribution in [0.5, 0.6) is 0 Å². The van der Waals surface area contributed by atoms with Crippen LogP contribution in [-0.2, 0) is 9.63 Å². The highest BCUT2D eigenvalue weighted by molar-refractivity contribution is 5.93. The van der Waals surface area contributed by atoms with Crippen LogP contribution in [0, 0.1) is 0 Å². The molecule has 0 aliphatic carbocycles. The van der Waals surface area contributed by atoms with Gasteiger partial charge in [-0.05, 0) is 36.6 Å². The Kier molecular flexibility index (Phi) is 4.30. The second-order valence-electron chi connectivity index (χ2n) is 4.30. The largest absolute Gasteiger partial charge is 0.366 e. The molecule has 0 unspecified atom stereocenters. The van der Waals surface area contributed by atoms with Gasteiger partial charge in [0.1, 0.15) is 0 Å². The monoisotopic (exact) mass is 260 g/mol. The lowest BCUT2D eigenvalue weighted by atomic mass is 10.1. The van der Waals surface area contributed by atoms with Crippen molar-refractivity contribution in [3.63, 3.8) is 0 Å². The Labute approximate surface area is 111 Å². The molecule has 100 valence electrons. The Hall–Kier alpha value is -2.14. The average Bonchev–Trinajstić information content (AvgIpc) is 2.46. The minimum Gasteiger partial charge on any atom is -0.366 e. The van der Waals surface area contributed by atoms with Crippen LogP contribution in [0.25, 0.3) is 6.08 Å². The summed E-state index contributed by atoms with van der Waals surface area (Å²) < 4.78 is 0. The van der Waals surface area contributed by atoms with Crippen LogP contribution in [0.1, 0.15) is 28.8 Å². The van der Waals surface area contributed by atoms with E-state index in [1.807, 2.05) is 0 Å². The van der Waals surface area contributed by atoms with Gasteiger partial charge in [0.2, 0.25) is 5.91 Å². The zero-order valence-electron chi connectivity index (χ0n) is 10.5. The number of hydroxylamine groups is 2. The quantitative estimate of drug-likeness (QED) is 0.834. The number of nitrogens with zero attached hydrogens (tertiary/aromatic N) is 1. The third-order valence-electron chi connectivity index (χ3n) is 2.86. The molecule has 0 saturated carbocycles. The molecule has 1 aliphatic rings. The van der Waals surface area contributed by atoms with Crippen molar-refractivity contribution in [1.82, 2.24) is 5.06 Å². The smallest absolute Gasteiger partial charge is 0.270 e. The van der Waals surface area contributed by atoms with Crippen LogP contribution in [0.15, 0.2) is 30.3 Å². The minimum absolute atomic E-state index is 0.168. The second kappa shape index (κ2) is 6.15. The molecule has 5 heteroatoms. The Morgan fingerprint density at radius 2 is 1.95 bits per heavy atom. The first-order valence-corrected chi connectivity index (χ1v) is 6.19. The maximum atomic E-state index is 11.8. The summed E-state index contributed by atoms with van der Waals surface area (Å²) in [5.41, 5.74) is 6.43. The van der Waals surface area contributed by atoms with E-state index in [0.29, 0.717) is 18.7 Å². The Morgan fingerprint density at radius 1 is 1.21 bits per heavy atom. The first-order valence-electron chi connectivity index (χ1n) is 6.19. The van der Waals surface area contributed by atoms with Crippen molar-refractivity contribution in [2.24, 2.45) is 5.73 Å². The van der Waals surface area contributed by atoms with E-state index in [2.05, 4.69) is 0 Å². The molecule has 0 atom stereocenters. The fourth-order valence-corrected chi connectivity index (χ4v) is 1.78. The molecule has 2 N–H and O–H groups in total. The van der Waals surface area contributed by atoms with E-state index >= 15 is 0 Å². The number of amides is 2. The van der Waals surface area contributed by atoms with Crippen LogP contribution in [0.2, 0.25) is 0 Å². The van der Waals surface area contributed by atoms with Crippen molar-refractivity contribution >= 4 is 17.9 Å². The lowest BCUT2D eigenvalue weighted by Crippen LogP contribution is -2.34. The molecule has 0 bridgehead atoms. The fraction of sp³-hybridized carbons (Fsp3) is 0.286. The Bertz CT molecular complexity index is 488. The first-order chi connectivity index (χ1) is 9.16. The highest BCUT2D eigenvalue weighted by atomic mass is 16.7. The molecule has 1 fully saturated rings. The van der Waals surface area contributed by atoms with Gasteiger partial charge < -0.3 is 5.73 Å². The molecule has 19 heavy (non-hydrogen) atoms. The number of rotatable bonds is 3. The number of hydrogen-bond donors (Lipinski definition) is 1. The SMILES string of the molecule is NC(=O)c1ccc(/C=C/C(=O)N2CCCCO2)cc1. The average molecular weight is 260 g/mol. The number of primary amides is 1. The van der Waals surface area contributed by atoms with Crippen LogP contribution >= 0.6 is 0 Å². The van der Waals surface area contributed by atoms with Crippen LogP contribution in [0.3, 0.4) is 0 Å². The molecule has 0 aromatic heterocycles. The minimum atomic E-state index is -0.465. The van der Waals surface area contributed by atoms with Gasteiger partial charge in [0, 0.05) is 18.2 Å². The lowest BCUT2D eigenvalue weighted by molar-refractivity contribution is -0.191. The number of hydrogen-bond acceptors (Lipinski definition) is 3. The summed E-state index contributed by atoms with van der Waals surface area (Å²) in [4.78, 5) is 27.9. The Balaban J connectivity index is 1.97. The topological polar surface area (TPSA) is 72.6 Å².